The number of fused-ring (bicyclic) bond motifs is 1. The van der Waals surface area contributed by atoms with Crippen LogP contribution in [0, 0.1) is 0 Å². The van der Waals surface area contributed by atoms with E-state index >= 15 is 0 Å². The van der Waals surface area contributed by atoms with Gasteiger partial charge < -0.3 is 14.2 Å². The van der Waals surface area contributed by atoms with Crippen LogP contribution in [0.2, 0.25) is 0 Å². The second-order valence-electron chi connectivity index (χ2n) is 6.13. The molecule has 1 aliphatic rings. The lowest BCUT2D eigenvalue weighted by Gasteiger charge is -2.21. The molecule has 0 spiro atoms. The van der Waals surface area contributed by atoms with Crippen molar-refractivity contribution in [1.82, 2.24) is 14.9 Å². The molecular weight excluding hydrogens is 376 g/mol. The predicted octanol–water partition coefficient (Wildman–Crippen LogP) is 3.72. The van der Waals surface area contributed by atoms with E-state index in [2.05, 4.69) is 17.1 Å². The number of benzene rings is 2. The fourth-order valence-corrected chi connectivity index (χ4v) is 4.03. The summed E-state index contributed by atoms with van der Waals surface area (Å²) >= 11 is 1.61. The third-order valence-electron chi connectivity index (χ3n) is 4.51. The van der Waals surface area contributed by atoms with Gasteiger partial charge in [-0.2, -0.15) is 9.78 Å². The van der Waals surface area contributed by atoms with Gasteiger partial charge in [-0.05, 0) is 37.3 Å². The fourth-order valence-electron chi connectivity index (χ4n) is 3.12. The minimum absolute atomic E-state index is 0.117. The maximum Gasteiger partial charge on any atom is 0.213 e. The summed E-state index contributed by atoms with van der Waals surface area (Å²) in [5.41, 5.74) is 2.72. The van der Waals surface area contributed by atoms with Gasteiger partial charge in [0.1, 0.15) is 5.75 Å². The molecule has 0 radical (unpaired) electrons. The molecule has 0 bridgehead atoms. The van der Waals surface area contributed by atoms with Crippen LogP contribution in [0.15, 0.2) is 52.7 Å². The molecular formula is C20H20N4O3S. The topological polar surface area (TPSA) is 70.8 Å². The van der Waals surface area contributed by atoms with Crippen molar-refractivity contribution >= 4 is 17.5 Å². The third-order valence-corrected chi connectivity index (χ3v) is 5.55. The zero-order valence-electron chi connectivity index (χ0n) is 16.0. The van der Waals surface area contributed by atoms with Crippen molar-refractivity contribution < 1.29 is 14.2 Å². The Balaban J connectivity index is 1.83. The van der Waals surface area contributed by atoms with Gasteiger partial charge in [0.2, 0.25) is 5.16 Å². The van der Waals surface area contributed by atoms with Gasteiger partial charge in [-0.15, -0.1) is 10.2 Å². The maximum absolute atomic E-state index is 5.53. The van der Waals surface area contributed by atoms with Gasteiger partial charge in [0.25, 0.3) is 0 Å². The summed E-state index contributed by atoms with van der Waals surface area (Å²) in [7, 11) is 4.88. The average molecular weight is 396 g/mol. The van der Waals surface area contributed by atoms with E-state index in [0.717, 1.165) is 27.7 Å². The smallest absolute Gasteiger partial charge is 0.213 e. The number of hydrogen-bond donors (Lipinski definition) is 0. The first-order chi connectivity index (χ1) is 13.7. The van der Waals surface area contributed by atoms with Crippen molar-refractivity contribution in [1.29, 1.82) is 0 Å². The first-order valence-electron chi connectivity index (χ1n) is 8.73. The lowest BCUT2D eigenvalue weighted by Crippen LogP contribution is -2.22. The molecule has 1 aromatic heterocycles. The number of nitrogens with zero attached hydrogens (tertiary/aromatic N) is 4. The molecule has 144 valence electrons. The van der Waals surface area contributed by atoms with E-state index in [0.29, 0.717) is 17.3 Å². The molecule has 0 N–H and O–H groups in total. The molecule has 0 saturated heterocycles. The molecule has 7 nitrogen and oxygen atoms in total. The maximum atomic E-state index is 5.53. The van der Waals surface area contributed by atoms with Crippen molar-refractivity contribution in [3.63, 3.8) is 0 Å². The highest BCUT2D eigenvalue weighted by Gasteiger charge is 2.28. The van der Waals surface area contributed by atoms with Gasteiger partial charge >= 0.3 is 0 Å². The number of rotatable bonds is 5. The van der Waals surface area contributed by atoms with Crippen LogP contribution in [0.4, 0.5) is 0 Å². The van der Waals surface area contributed by atoms with Crippen LogP contribution in [-0.2, 0) is 0 Å². The van der Waals surface area contributed by atoms with E-state index in [1.54, 1.807) is 37.8 Å². The van der Waals surface area contributed by atoms with Gasteiger partial charge in [0, 0.05) is 11.1 Å². The third kappa shape index (κ3) is 3.09. The summed E-state index contributed by atoms with van der Waals surface area (Å²) in [5, 5.41) is 14.4. The van der Waals surface area contributed by atoms with Crippen molar-refractivity contribution in [3.05, 3.63) is 48.0 Å². The number of ether oxygens (including phenoxy) is 3. The van der Waals surface area contributed by atoms with Crippen molar-refractivity contribution in [2.75, 3.05) is 21.3 Å². The largest absolute Gasteiger partial charge is 0.496 e. The Morgan fingerprint density at radius 2 is 1.64 bits per heavy atom. The normalized spacial score (nSPS) is 15.6. The Morgan fingerprint density at radius 3 is 2.39 bits per heavy atom. The fraction of sp³-hybridized carbons (Fsp3) is 0.250. The second-order valence-corrected chi connectivity index (χ2v) is 7.44. The molecule has 3 aromatic rings. The van der Waals surface area contributed by atoms with Crippen LogP contribution in [0.5, 0.6) is 17.2 Å². The van der Waals surface area contributed by atoms with E-state index in [1.807, 2.05) is 42.5 Å². The summed E-state index contributed by atoms with van der Waals surface area (Å²) in [6.07, 6.45) is 0. The standard InChI is InChI=1S/C20H20N4O3S/c1-12-18(14-7-5-6-8-15(14)25-2)23-24-19(21-22-20(24)28-12)13-9-10-16(26-3)17(11-13)27-4/h5-12H,1-4H3/t12-/m1/s1. The first kappa shape index (κ1) is 18.4. The van der Waals surface area contributed by atoms with Crippen LogP contribution < -0.4 is 14.2 Å². The molecule has 1 aliphatic heterocycles. The lowest BCUT2D eigenvalue weighted by molar-refractivity contribution is 0.355. The van der Waals surface area contributed by atoms with E-state index < -0.39 is 0 Å². The zero-order valence-corrected chi connectivity index (χ0v) is 16.9. The SMILES string of the molecule is COc1ccc(-c2nnc3n2N=C(c2ccccc2OC)[C@@H](C)S3)cc1OC. The predicted molar refractivity (Wildman–Crippen MR) is 109 cm³/mol. The molecule has 0 amide bonds. The molecule has 2 aromatic carbocycles. The lowest BCUT2D eigenvalue weighted by atomic mass is 10.1. The summed E-state index contributed by atoms with van der Waals surface area (Å²) in [4.78, 5) is 0. The summed E-state index contributed by atoms with van der Waals surface area (Å²) in [6, 6.07) is 13.5. The van der Waals surface area contributed by atoms with E-state index in [1.165, 1.54) is 0 Å². The monoisotopic (exact) mass is 396 g/mol. The highest BCUT2D eigenvalue weighted by atomic mass is 32.2. The van der Waals surface area contributed by atoms with Crippen LogP contribution in [0.25, 0.3) is 11.4 Å². The van der Waals surface area contributed by atoms with E-state index in [9.17, 15) is 0 Å². The van der Waals surface area contributed by atoms with Crippen molar-refractivity contribution in [2.45, 2.75) is 17.3 Å². The number of hydrogen-bond acceptors (Lipinski definition) is 7. The average Bonchev–Trinajstić information content (AvgIpc) is 3.15. The van der Waals surface area contributed by atoms with Crippen molar-refractivity contribution in [3.8, 4) is 28.6 Å². The second kappa shape index (κ2) is 7.55. The molecule has 0 unspecified atom stereocenters. The molecule has 0 aliphatic carbocycles. The summed E-state index contributed by atoms with van der Waals surface area (Å²) in [6.45, 7) is 2.10. The highest BCUT2D eigenvalue weighted by molar-refractivity contribution is 8.00. The molecule has 2 heterocycles. The number of para-hydroxylation sites is 1. The first-order valence-corrected chi connectivity index (χ1v) is 9.61. The molecule has 28 heavy (non-hydrogen) atoms. The van der Waals surface area contributed by atoms with Gasteiger partial charge in [-0.1, -0.05) is 23.9 Å². The minimum Gasteiger partial charge on any atom is -0.496 e. The van der Waals surface area contributed by atoms with Crippen LogP contribution in [-0.4, -0.2) is 47.2 Å². The van der Waals surface area contributed by atoms with Gasteiger partial charge in [0.15, 0.2) is 17.3 Å². The van der Waals surface area contributed by atoms with E-state index in [-0.39, 0.29) is 5.25 Å². The van der Waals surface area contributed by atoms with Crippen LogP contribution >= 0.6 is 11.8 Å². The number of methoxy groups -OCH3 is 3. The van der Waals surface area contributed by atoms with Gasteiger partial charge in [-0.25, -0.2) is 0 Å². The van der Waals surface area contributed by atoms with Crippen LogP contribution in [0.1, 0.15) is 12.5 Å². The van der Waals surface area contributed by atoms with Crippen molar-refractivity contribution in [2.24, 2.45) is 5.10 Å². The number of aromatic nitrogens is 3. The number of thioether (sulfide) groups is 1. The Hall–Kier alpha value is -3.00. The molecule has 0 fully saturated rings. The highest BCUT2D eigenvalue weighted by Crippen LogP contribution is 2.36. The molecule has 4 rings (SSSR count). The minimum atomic E-state index is 0.117. The molecule has 0 saturated carbocycles. The Morgan fingerprint density at radius 1 is 0.893 bits per heavy atom. The van der Waals surface area contributed by atoms with Gasteiger partial charge in [0.05, 0.1) is 32.3 Å². The Kier molecular flexibility index (Phi) is 4.95. The van der Waals surface area contributed by atoms with Crippen LogP contribution in [0.3, 0.4) is 0 Å². The Bertz CT molecular complexity index is 1050. The molecule has 1 atom stereocenters. The van der Waals surface area contributed by atoms with E-state index in [4.69, 9.17) is 19.3 Å². The van der Waals surface area contributed by atoms with Gasteiger partial charge in [-0.3, -0.25) is 0 Å². The molecule has 8 heteroatoms. The quantitative estimate of drug-likeness (QED) is 0.655. The summed E-state index contributed by atoms with van der Waals surface area (Å²) in [5.74, 6) is 2.72. The summed E-state index contributed by atoms with van der Waals surface area (Å²) < 4.78 is 18.0. The Labute approximate surface area is 167 Å². The zero-order chi connectivity index (χ0) is 19.7.